The van der Waals surface area contributed by atoms with Gasteiger partial charge in [0.1, 0.15) is 0 Å². The SMILES string of the molecule is C[C@H](C(=O)O)c1ccc(NS(C)(=O)=O)c(Cl)c1. The maximum Gasteiger partial charge on any atom is 0.310 e. The van der Waals surface area contributed by atoms with Crippen LogP contribution in [0.5, 0.6) is 0 Å². The molecule has 0 saturated heterocycles. The molecule has 1 atom stereocenters. The van der Waals surface area contributed by atoms with Crippen molar-refractivity contribution in [1.29, 1.82) is 0 Å². The van der Waals surface area contributed by atoms with Crippen LogP contribution in [-0.4, -0.2) is 25.7 Å². The number of carbonyl (C=O) groups is 1. The van der Waals surface area contributed by atoms with Gasteiger partial charge in [-0.2, -0.15) is 0 Å². The lowest BCUT2D eigenvalue weighted by Gasteiger charge is -2.10. The first-order valence-corrected chi connectivity index (χ1v) is 6.97. The fraction of sp³-hybridized carbons (Fsp3) is 0.300. The zero-order chi connectivity index (χ0) is 13.2. The molecule has 5 nitrogen and oxygen atoms in total. The molecule has 0 saturated carbocycles. The van der Waals surface area contributed by atoms with Crippen molar-refractivity contribution in [2.45, 2.75) is 12.8 Å². The predicted octanol–water partition coefficient (Wildman–Crippen LogP) is 1.90. The van der Waals surface area contributed by atoms with E-state index in [0.717, 1.165) is 6.26 Å². The molecule has 0 bridgehead atoms. The molecule has 0 aliphatic carbocycles. The number of nitrogens with one attached hydrogen (secondary N) is 1. The molecular formula is C10H12ClNO4S. The number of anilines is 1. The topological polar surface area (TPSA) is 83.5 Å². The molecule has 1 rings (SSSR count). The normalized spacial score (nSPS) is 13.1. The summed E-state index contributed by atoms with van der Waals surface area (Å²) >= 11 is 5.86. The van der Waals surface area contributed by atoms with Gasteiger partial charge < -0.3 is 5.11 Å². The Balaban J connectivity index is 3.06. The Morgan fingerprint density at radius 1 is 1.47 bits per heavy atom. The smallest absolute Gasteiger partial charge is 0.310 e. The predicted molar refractivity (Wildman–Crippen MR) is 66.0 cm³/mol. The zero-order valence-corrected chi connectivity index (χ0v) is 10.8. The molecule has 0 fully saturated rings. The number of rotatable bonds is 4. The van der Waals surface area contributed by atoms with Crippen molar-refractivity contribution in [1.82, 2.24) is 0 Å². The van der Waals surface area contributed by atoms with Crippen LogP contribution in [0, 0.1) is 0 Å². The third kappa shape index (κ3) is 3.90. The van der Waals surface area contributed by atoms with E-state index >= 15 is 0 Å². The van der Waals surface area contributed by atoms with Crippen LogP contribution in [-0.2, 0) is 14.8 Å². The highest BCUT2D eigenvalue weighted by Crippen LogP contribution is 2.27. The van der Waals surface area contributed by atoms with E-state index in [-0.39, 0.29) is 10.7 Å². The maximum absolute atomic E-state index is 11.0. The van der Waals surface area contributed by atoms with Crippen molar-refractivity contribution in [3.8, 4) is 0 Å². The van der Waals surface area contributed by atoms with Crippen LogP contribution in [0.15, 0.2) is 18.2 Å². The van der Waals surface area contributed by atoms with Crippen molar-refractivity contribution < 1.29 is 18.3 Å². The van der Waals surface area contributed by atoms with E-state index in [1.807, 2.05) is 0 Å². The number of sulfonamides is 1. The lowest BCUT2D eigenvalue weighted by Crippen LogP contribution is -2.11. The first kappa shape index (κ1) is 13.8. The molecule has 0 amide bonds. The summed E-state index contributed by atoms with van der Waals surface area (Å²) in [5.74, 6) is -1.66. The van der Waals surface area contributed by atoms with Crippen LogP contribution in [0.25, 0.3) is 0 Å². The van der Waals surface area contributed by atoms with Gasteiger partial charge in [-0.05, 0) is 24.6 Å². The fourth-order valence-corrected chi connectivity index (χ4v) is 2.10. The summed E-state index contributed by atoms with van der Waals surface area (Å²) in [6, 6.07) is 4.41. The first-order chi connectivity index (χ1) is 7.70. The lowest BCUT2D eigenvalue weighted by molar-refractivity contribution is -0.138. The van der Waals surface area contributed by atoms with Gasteiger partial charge in [0.05, 0.1) is 22.9 Å². The van der Waals surface area contributed by atoms with E-state index in [4.69, 9.17) is 16.7 Å². The molecule has 0 heterocycles. The molecule has 7 heteroatoms. The average Bonchev–Trinajstić information content (AvgIpc) is 2.18. The van der Waals surface area contributed by atoms with Gasteiger partial charge in [0.25, 0.3) is 0 Å². The number of aliphatic carboxylic acids is 1. The summed E-state index contributed by atoms with van der Waals surface area (Å²) in [5, 5.41) is 9.00. The van der Waals surface area contributed by atoms with Gasteiger partial charge in [0.15, 0.2) is 0 Å². The summed E-state index contributed by atoms with van der Waals surface area (Å²) in [5.41, 5.74) is 0.747. The van der Waals surface area contributed by atoms with Gasteiger partial charge in [-0.1, -0.05) is 17.7 Å². The Kier molecular flexibility index (Phi) is 4.00. The van der Waals surface area contributed by atoms with Gasteiger partial charge >= 0.3 is 5.97 Å². The second kappa shape index (κ2) is 4.93. The second-order valence-electron chi connectivity index (χ2n) is 3.67. The second-order valence-corrected chi connectivity index (χ2v) is 5.83. The summed E-state index contributed by atoms with van der Waals surface area (Å²) in [6.07, 6.45) is 1.01. The lowest BCUT2D eigenvalue weighted by atomic mass is 10.0. The van der Waals surface area contributed by atoms with Crippen LogP contribution < -0.4 is 4.72 Å². The molecule has 0 radical (unpaired) electrons. The van der Waals surface area contributed by atoms with Gasteiger partial charge in [0, 0.05) is 0 Å². The van der Waals surface area contributed by atoms with Gasteiger partial charge in [-0.25, -0.2) is 8.42 Å². The molecule has 17 heavy (non-hydrogen) atoms. The van der Waals surface area contributed by atoms with Crippen LogP contribution in [0.4, 0.5) is 5.69 Å². The third-order valence-corrected chi connectivity index (χ3v) is 3.06. The summed E-state index contributed by atoms with van der Waals surface area (Å²) in [7, 11) is -3.40. The van der Waals surface area contributed by atoms with Gasteiger partial charge in [0.2, 0.25) is 10.0 Å². The number of benzene rings is 1. The van der Waals surface area contributed by atoms with Crippen LogP contribution in [0.1, 0.15) is 18.4 Å². The van der Waals surface area contributed by atoms with Crippen molar-refractivity contribution in [3.05, 3.63) is 28.8 Å². The van der Waals surface area contributed by atoms with E-state index in [1.165, 1.54) is 25.1 Å². The Bertz CT molecular complexity index is 541. The molecule has 1 aromatic rings. The zero-order valence-electron chi connectivity index (χ0n) is 9.27. The highest BCUT2D eigenvalue weighted by Gasteiger charge is 2.15. The minimum Gasteiger partial charge on any atom is -0.481 e. The molecule has 0 aliphatic heterocycles. The van der Waals surface area contributed by atoms with Crippen LogP contribution in [0.3, 0.4) is 0 Å². The van der Waals surface area contributed by atoms with Crippen molar-refractivity contribution in [3.63, 3.8) is 0 Å². The fourth-order valence-electron chi connectivity index (χ4n) is 1.23. The van der Waals surface area contributed by atoms with Crippen molar-refractivity contribution >= 4 is 33.3 Å². The highest BCUT2D eigenvalue weighted by molar-refractivity contribution is 7.92. The van der Waals surface area contributed by atoms with Crippen LogP contribution >= 0.6 is 11.6 Å². The van der Waals surface area contributed by atoms with E-state index in [0.29, 0.717) is 5.56 Å². The molecule has 0 spiro atoms. The minimum atomic E-state index is -3.40. The maximum atomic E-state index is 11.0. The number of hydrogen-bond acceptors (Lipinski definition) is 3. The first-order valence-electron chi connectivity index (χ1n) is 4.71. The Hall–Kier alpha value is -1.27. The molecular weight excluding hydrogens is 266 g/mol. The molecule has 0 aliphatic rings. The van der Waals surface area contributed by atoms with Crippen molar-refractivity contribution in [2.75, 3.05) is 11.0 Å². The minimum absolute atomic E-state index is 0.168. The number of carboxylic acid groups (broad SMARTS) is 1. The summed E-state index contributed by atoms with van der Waals surface area (Å²) in [6.45, 7) is 1.53. The third-order valence-electron chi connectivity index (χ3n) is 2.16. The van der Waals surface area contributed by atoms with E-state index in [1.54, 1.807) is 0 Å². The van der Waals surface area contributed by atoms with Gasteiger partial charge in [-0.15, -0.1) is 0 Å². The number of carboxylic acids is 1. The molecule has 94 valence electrons. The molecule has 2 N–H and O–H groups in total. The standard InChI is InChI=1S/C10H12ClNO4S/c1-6(10(13)14)7-3-4-9(8(11)5-7)12-17(2,15)16/h3-6,12H,1-2H3,(H,13,14)/t6-/m0/s1. The monoisotopic (exact) mass is 277 g/mol. The van der Waals surface area contributed by atoms with Crippen LogP contribution in [0.2, 0.25) is 5.02 Å². The molecule has 0 aromatic heterocycles. The molecule has 0 unspecified atom stereocenters. The Morgan fingerprint density at radius 2 is 2.06 bits per heavy atom. The Labute approximate surface area is 104 Å². The Morgan fingerprint density at radius 3 is 2.47 bits per heavy atom. The van der Waals surface area contributed by atoms with E-state index in [2.05, 4.69) is 4.72 Å². The summed E-state index contributed by atoms with van der Waals surface area (Å²) in [4.78, 5) is 10.8. The number of halogens is 1. The molecule has 1 aromatic carbocycles. The van der Waals surface area contributed by atoms with Crippen molar-refractivity contribution in [2.24, 2.45) is 0 Å². The highest BCUT2D eigenvalue weighted by atomic mass is 35.5. The number of hydrogen-bond donors (Lipinski definition) is 2. The van der Waals surface area contributed by atoms with E-state index in [9.17, 15) is 13.2 Å². The van der Waals surface area contributed by atoms with E-state index < -0.39 is 21.9 Å². The quantitative estimate of drug-likeness (QED) is 0.880. The average molecular weight is 278 g/mol. The van der Waals surface area contributed by atoms with Gasteiger partial charge in [-0.3, -0.25) is 9.52 Å². The summed E-state index contributed by atoms with van der Waals surface area (Å²) < 4.78 is 24.3. The largest absolute Gasteiger partial charge is 0.481 e.